The van der Waals surface area contributed by atoms with Gasteiger partial charge in [0.25, 0.3) is 0 Å². The van der Waals surface area contributed by atoms with E-state index in [1.807, 2.05) is 68.0 Å². The second-order valence-corrected chi connectivity index (χ2v) is 10.6. The maximum Gasteiger partial charge on any atom is 0.408 e. The Hall–Kier alpha value is -4.13. The van der Waals surface area contributed by atoms with Crippen LogP contribution in [-0.2, 0) is 15.1 Å². The van der Waals surface area contributed by atoms with Gasteiger partial charge in [-0.2, -0.15) is 4.58 Å². The Morgan fingerprint density at radius 2 is 1.70 bits per heavy atom. The molecule has 188 valence electrons. The lowest BCUT2D eigenvalue weighted by molar-refractivity contribution is -0.281. The van der Waals surface area contributed by atoms with Crippen LogP contribution in [0.5, 0.6) is 0 Å². The predicted molar refractivity (Wildman–Crippen MR) is 146 cm³/mol. The van der Waals surface area contributed by atoms with E-state index in [9.17, 15) is 9.59 Å². The van der Waals surface area contributed by atoms with Crippen molar-refractivity contribution in [3.63, 3.8) is 0 Å². The molecule has 3 aliphatic rings. The van der Waals surface area contributed by atoms with E-state index in [0.29, 0.717) is 5.71 Å². The van der Waals surface area contributed by atoms with Crippen molar-refractivity contribution < 1.29 is 18.9 Å². The van der Waals surface area contributed by atoms with Gasteiger partial charge in [-0.15, -0.1) is 0 Å². The normalized spacial score (nSPS) is 19.1. The van der Waals surface area contributed by atoms with Crippen molar-refractivity contribution in [3.05, 3.63) is 83.4 Å². The molecule has 0 spiro atoms. The molecular formula is C30H31N4O3+. The highest BCUT2D eigenvalue weighted by Gasteiger charge is 2.42. The van der Waals surface area contributed by atoms with Crippen molar-refractivity contribution in [3.8, 4) is 0 Å². The van der Waals surface area contributed by atoms with Gasteiger partial charge in [0.1, 0.15) is 17.5 Å². The molecular weight excluding hydrogens is 464 g/mol. The molecule has 0 atom stereocenters. The number of carbonyl (C=O) groups is 2. The summed E-state index contributed by atoms with van der Waals surface area (Å²) in [6.07, 6.45) is 7.92. The quantitative estimate of drug-likeness (QED) is 0.571. The fraction of sp³-hybridized carbons (Fsp3) is 0.300. The second-order valence-electron chi connectivity index (χ2n) is 10.6. The van der Waals surface area contributed by atoms with Crippen LogP contribution in [0.2, 0.25) is 0 Å². The van der Waals surface area contributed by atoms with Crippen molar-refractivity contribution in [1.82, 2.24) is 5.32 Å². The number of amides is 2. The average Bonchev–Trinajstić information content (AvgIpc) is 3.19. The van der Waals surface area contributed by atoms with Gasteiger partial charge in [-0.25, -0.2) is 9.79 Å². The minimum Gasteiger partial charge on any atom is -0.444 e. The SMILES string of the molecule is CC(=O)N=C1C=CC2=NC(c3ccc(C4(NC(=O)OC(C)(C)C)CCC4)cc3)=C(c3ccccc3)[N+]2=C1. The Balaban J connectivity index is 1.51. The summed E-state index contributed by atoms with van der Waals surface area (Å²) in [4.78, 5) is 33.2. The van der Waals surface area contributed by atoms with E-state index >= 15 is 0 Å². The number of allylic oxidation sites excluding steroid dienone is 1. The number of fused-ring (bicyclic) bond motifs is 1. The largest absolute Gasteiger partial charge is 0.444 e. The Morgan fingerprint density at radius 1 is 1.00 bits per heavy atom. The van der Waals surface area contributed by atoms with Gasteiger partial charge in [-0.05, 0) is 56.7 Å². The third-order valence-electron chi connectivity index (χ3n) is 6.59. The van der Waals surface area contributed by atoms with E-state index in [0.717, 1.165) is 53.2 Å². The van der Waals surface area contributed by atoms with E-state index in [-0.39, 0.29) is 5.91 Å². The fourth-order valence-electron chi connectivity index (χ4n) is 4.82. The second kappa shape index (κ2) is 9.39. The molecule has 2 aromatic carbocycles. The van der Waals surface area contributed by atoms with E-state index < -0.39 is 17.2 Å². The lowest BCUT2D eigenvalue weighted by Crippen LogP contribution is -2.52. The van der Waals surface area contributed by atoms with Crippen molar-refractivity contribution in [2.24, 2.45) is 9.98 Å². The summed E-state index contributed by atoms with van der Waals surface area (Å²) < 4.78 is 7.51. The zero-order chi connectivity index (χ0) is 26.2. The molecule has 0 radical (unpaired) electrons. The minimum atomic E-state index is -0.548. The first-order valence-corrected chi connectivity index (χ1v) is 12.6. The van der Waals surface area contributed by atoms with E-state index in [4.69, 9.17) is 9.73 Å². The molecule has 0 unspecified atom stereocenters. The first-order chi connectivity index (χ1) is 17.6. The van der Waals surface area contributed by atoms with Crippen molar-refractivity contribution >= 4 is 41.2 Å². The Labute approximate surface area is 217 Å². The topological polar surface area (TPSA) is 83.1 Å². The number of alkyl carbamates (subject to hydrolysis) is 1. The summed E-state index contributed by atoms with van der Waals surface area (Å²) in [5.74, 6) is 0.518. The van der Waals surface area contributed by atoms with Crippen LogP contribution in [0.3, 0.4) is 0 Å². The minimum absolute atomic E-state index is 0.249. The maximum absolute atomic E-state index is 12.5. The molecule has 7 nitrogen and oxygen atoms in total. The molecule has 2 aliphatic heterocycles. The number of amidine groups is 1. The van der Waals surface area contributed by atoms with Crippen molar-refractivity contribution in [1.29, 1.82) is 0 Å². The first kappa shape index (κ1) is 24.6. The number of carbonyl (C=O) groups excluding carboxylic acids is 2. The summed E-state index contributed by atoms with van der Waals surface area (Å²) in [5.41, 5.74) is 4.41. The van der Waals surface area contributed by atoms with E-state index in [1.165, 1.54) is 6.92 Å². The number of rotatable bonds is 4. The van der Waals surface area contributed by atoms with Gasteiger partial charge in [0, 0.05) is 24.1 Å². The van der Waals surface area contributed by atoms with Crippen LogP contribution in [0, 0.1) is 0 Å². The molecule has 1 N–H and O–H groups in total. The molecule has 2 aromatic rings. The third kappa shape index (κ3) is 5.07. The Kier molecular flexibility index (Phi) is 6.23. The average molecular weight is 496 g/mol. The standard InChI is InChI=1S/C30H30N4O3/c1-20(35)31-24-15-16-25-32-26(27(34(25)19-24)22-9-6-5-7-10-22)21-11-13-23(14-12-21)30(17-8-18-30)33-28(36)37-29(2,3)4/h5-7,9-16,19H,8,17-18H2,1-4H3/p+1. The number of benzene rings is 2. The van der Waals surface area contributed by atoms with Crippen LogP contribution in [0.1, 0.15) is 63.6 Å². The molecule has 1 aliphatic carbocycles. The molecule has 0 bridgehead atoms. The lowest BCUT2D eigenvalue weighted by Gasteiger charge is -2.43. The van der Waals surface area contributed by atoms with Gasteiger partial charge in [0.2, 0.25) is 11.6 Å². The molecule has 1 saturated carbocycles. The summed E-state index contributed by atoms with van der Waals surface area (Å²) in [7, 11) is 0. The highest BCUT2D eigenvalue weighted by atomic mass is 16.6. The van der Waals surface area contributed by atoms with Crippen LogP contribution in [0.25, 0.3) is 11.4 Å². The van der Waals surface area contributed by atoms with E-state index in [1.54, 1.807) is 6.08 Å². The molecule has 0 saturated heterocycles. The number of hydrogen-bond acceptors (Lipinski definition) is 4. The highest BCUT2D eigenvalue weighted by molar-refractivity contribution is 6.39. The highest BCUT2D eigenvalue weighted by Crippen LogP contribution is 2.42. The third-order valence-corrected chi connectivity index (χ3v) is 6.59. The summed E-state index contributed by atoms with van der Waals surface area (Å²) in [6, 6.07) is 18.3. The molecule has 1 fully saturated rings. The van der Waals surface area contributed by atoms with Crippen LogP contribution in [-0.4, -0.2) is 39.9 Å². The molecule has 2 heterocycles. The van der Waals surface area contributed by atoms with Crippen LogP contribution >= 0.6 is 0 Å². The van der Waals surface area contributed by atoms with Gasteiger partial charge in [-0.3, -0.25) is 4.79 Å². The summed E-state index contributed by atoms with van der Waals surface area (Å²) in [6.45, 7) is 7.04. The predicted octanol–water partition coefficient (Wildman–Crippen LogP) is 5.47. The van der Waals surface area contributed by atoms with Crippen LogP contribution < -0.4 is 5.32 Å². The van der Waals surface area contributed by atoms with Crippen LogP contribution in [0.15, 0.2) is 76.7 Å². The zero-order valence-electron chi connectivity index (χ0n) is 21.6. The molecule has 0 aromatic heterocycles. The van der Waals surface area contributed by atoms with Crippen LogP contribution in [0.4, 0.5) is 4.79 Å². The number of nitrogens with one attached hydrogen (secondary N) is 1. The Bertz CT molecular complexity index is 1400. The van der Waals surface area contributed by atoms with Gasteiger partial charge in [0.15, 0.2) is 5.70 Å². The maximum atomic E-state index is 12.5. The summed E-state index contributed by atoms with van der Waals surface area (Å²) in [5, 5.41) is 3.12. The smallest absolute Gasteiger partial charge is 0.408 e. The van der Waals surface area contributed by atoms with Gasteiger partial charge < -0.3 is 10.1 Å². The molecule has 2 amide bonds. The molecule has 5 rings (SSSR count). The molecule has 7 heteroatoms. The van der Waals surface area contributed by atoms with Crippen molar-refractivity contribution in [2.75, 3.05) is 0 Å². The number of nitrogens with zero attached hydrogens (tertiary/aromatic N) is 3. The summed E-state index contributed by atoms with van der Waals surface area (Å²) >= 11 is 0. The first-order valence-electron chi connectivity index (χ1n) is 12.6. The van der Waals surface area contributed by atoms with Gasteiger partial charge >= 0.3 is 11.9 Å². The zero-order valence-corrected chi connectivity index (χ0v) is 21.6. The molecule has 37 heavy (non-hydrogen) atoms. The number of ether oxygens (including phenoxy) is 1. The van der Waals surface area contributed by atoms with Crippen molar-refractivity contribution in [2.45, 2.75) is 58.1 Å². The Morgan fingerprint density at radius 3 is 2.30 bits per heavy atom. The van der Waals surface area contributed by atoms with Gasteiger partial charge in [-0.1, -0.05) is 54.6 Å². The lowest BCUT2D eigenvalue weighted by atomic mass is 9.71. The van der Waals surface area contributed by atoms with Gasteiger partial charge in [0.05, 0.1) is 5.54 Å². The monoisotopic (exact) mass is 495 g/mol. The van der Waals surface area contributed by atoms with E-state index in [2.05, 4.69) is 34.6 Å². The fourth-order valence-corrected chi connectivity index (χ4v) is 4.82. The number of hydrogen-bond donors (Lipinski definition) is 1. The number of aliphatic imine (C=N–C) groups is 2.